The van der Waals surface area contributed by atoms with E-state index in [2.05, 4.69) is 20.6 Å². The Bertz CT molecular complexity index is 557. The lowest BCUT2D eigenvalue weighted by Crippen LogP contribution is -2.49. The highest BCUT2D eigenvalue weighted by Gasteiger charge is 2.27. The van der Waals surface area contributed by atoms with Crippen LogP contribution >= 0.6 is 0 Å². The van der Waals surface area contributed by atoms with Gasteiger partial charge in [-0.15, -0.1) is 0 Å². The number of aromatic nitrogens is 1. The summed E-state index contributed by atoms with van der Waals surface area (Å²) in [5.41, 5.74) is 2.89. The minimum Gasteiger partial charge on any atom is -0.367 e. The first-order valence-electron chi connectivity index (χ1n) is 5.12. The average molecular weight is 249 g/mol. The number of rotatable bonds is 2. The molecule has 0 spiro atoms. The molecule has 0 saturated carbocycles. The second-order valence-electron chi connectivity index (χ2n) is 3.62. The molecule has 0 fully saturated rings. The molecule has 8 nitrogen and oxygen atoms in total. The minimum absolute atomic E-state index is 0.231. The standard InChI is InChI=1S/C10H11N5O3/c1-6-9(17)15(10(18)14-13-6)12-5-7-2-3-8(16)11-4-7/h2-5,9,17H,1H3,(H,11,16)(H,14,18)/b12-5-. The molecule has 0 saturated heterocycles. The molecule has 94 valence electrons. The van der Waals surface area contributed by atoms with Crippen molar-refractivity contribution in [3.8, 4) is 0 Å². The van der Waals surface area contributed by atoms with Crippen molar-refractivity contribution < 1.29 is 9.90 Å². The van der Waals surface area contributed by atoms with Crippen molar-refractivity contribution in [3.05, 3.63) is 34.2 Å². The van der Waals surface area contributed by atoms with Crippen molar-refractivity contribution in [2.75, 3.05) is 0 Å². The van der Waals surface area contributed by atoms with Crippen molar-refractivity contribution in [2.24, 2.45) is 10.2 Å². The molecular formula is C10H11N5O3. The highest BCUT2D eigenvalue weighted by molar-refractivity contribution is 5.93. The zero-order valence-electron chi connectivity index (χ0n) is 9.49. The van der Waals surface area contributed by atoms with Gasteiger partial charge in [0.25, 0.3) is 0 Å². The molecule has 0 aromatic carbocycles. The van der Waals surface area contributed by atoms with Crippen LogP contribution in [0.5, 0.6) is 0 Å². The van der Waals surface area contributed by atoms with Crippen LogP contribution in [0.3, 0.4) is 0 Å². The summed E-state index contributed by atoms with van der Waals surface area (Å²) in [4.78, 5) is 24.7. The molecule has 1 unspecified atom stereocenters. The number of nitrogens with one attached hydrogen (secondary N) is 2. The Labute approximate surface area is 102 Å². The Hall–Kier alpha value is -2.48. The second-order valence-corrected chi connectivity index (χ2v) is 3.62. The van der Waals surface area contributed by atoms with E-state index >= 15 is 0 Å². The summed E-state index contributed by atoms with van der Waals surface area (Å²) >= 11 is 0. The van der Waals surface area contributed by atoms with Gasteiger partial charge in [0, 0.05) is 17.8 Å². The van der Waals surface area contributed by atoms with Gasteiger partial charge in [-0.1, -0.05) is 0 Å². The van der Waals surface area contributed by atoms with Gasteiger partial charge >= 0.3 is 6.03 Å². The van der Waals surface area contributed by atoms with Gasteiger partial charge in [-0.05, 0) is 13.0 Å². The number of H-pyrrole nitrogens is 1. The number of aromatic amines is 1. The Balaban J connectivity index is 2.18. The fourth-order valence-electron chi connectivity index (χ4n) is 1.28. The predicted molar refractivity (Wildman–Crippen MR) is 64.1 cm³/mol. The first kappa shape index (κ1) is 12.0. The molecule has 0 bridgehead atoms. The Morgan fingerprint density at radius 1 is 1.50 bits per heavy atom. The van der Waals surface area contributed by atoms with Gasteiger partial charge in [-0.2, -0.15) is 15.2 Å². The van der Waals surface area contributed by atoms with Crippen LogP contribution in [-0.4, -0.2) is 39.3 Å². The molecule has 1 aromatic rings. The van der Waals surface area contributed by atoms with Crippen molar-refractivity contribution in [2.45, 2.75) is 13.2 Å². The Morgan fingerprint density at radius 3 is 2.94 bits per heavy atom. The highest BCUT2D eigenvalue weighted by atomic mass is 16.3. The van der Waals surface area contributed by atoms with E-state index in [-0.39, 0.29) is 5.56 Å². The molecule has 0 aliphatic carbocycles. The molecule has 8 heteroatoms. The molecule has 1 aliphatic rings. The van der Waals surface area contributed by atoms with Gasteiger partial charge in [-0.25, -0.2) is 10.2 Å². The number of hydrogen-bond acceptors (Lipinski definition) is 5. The van der Waals surface area contributed by atoms with Gasteiger partial charge in [0.2, 0.25) is 5.56 Å². The lowest BCUT2D eigenvalue weighted by Gasteiger charge is -2.25. The maximum atomic E-state index is 11.4. The van der Waals surface area contributed by atoms with E-state index in [1.807, 2.05) is 0 Å². The van der Waals surface area contributed by atoms with Crippen LogP contribution in [0.1, 0.15) is 12.5 Å². The zero-order chi connectivity index (χ0) is 13.1. The molecule has 18 heavy (non-hydrogen) atoms. The van der Waals surface area contributed by atoms with E-state index in [0.29, 0.717) is 11.3 Å². The molecule has 1 atom stereocenters. The summed E-state index contributed by atoms with van der Waals surface area (Å²) in [5.74, 6) is 0. The van der Waals surface area contributed by atoms with Crippen molar-refractivity contribution in [3.63, 3.8) is 0 Å². The monoisotopic (exact) mass is 249 g/mol. The summed E-state index contributed by atoms with van der Waals surface area (Å²) in [6.07, 6.45) is 1.59. The van der Waals surface area contributed by atoms with Gasteiger partial charge in [-0.3, -0.25) is 4.79 Å². The van der Waals surface area contributed by atoms with E-state index in [9.17, 15) is 14.7 Å². The van der Waals surface area contributed by atoms with Crippen LogP contribution < -0.4 is 11.0 Å². The number of amides is 2. The molecule has 2 heterocycles. The fourth-order valence-corrected chi connectivity index (χ4v) is 1.28. The average Bonchev–Trinajstić information content (AvgIpc) is 2.36. The first-order valence-corrected chi connectivity index (χ1v) is 5.12. The number of pyridine rings is 1. The second kappa shape index (κ2) is 4.80. The van der Waals surface area contributed by atoms with Crippen LogP contribution in [0, 0.1) is 0 Å². The predicted octanol–water partition coefficient (Wildman–Crippen LogP) is -0.572. The van der Waals surface area contributed by atoms with E-state index in [1.165, 1.54) is 24.5 Å². The Kier molecular flexibility index (Phi) is 3.20. The molecule has 2 amide bonds. The number of carbonyl (C=O) groups excluding carboxylic acids is 1. The van der Waals surface area contributed by atoms with E-state index < -0.39 is 12.3 Å². The molecular weight excluding hydrogens is 238 g/mol. The van der Waals surface area contributed by atoms with Crippen LogP contribution in [0.15, 0.2) is 33.3 Å². The largest absolute Gasteiger partial charge is 0.367 e. The summed E-state index contributed by atoms with van der Waals surface area (Å²) in [6.45, 7) is 1.56. The van der Waals surface area contributed by atoms with E-state index in [1.54, 1.807) is 6.92 Å². The molecule has 0 radical (unpaired) electrons. The van der Waals surface area contributed by atoms with Crippen LogP contribution in [-0.2, 0) is 0 Å². The molecule has 1 aliphatic heterocycles. The van der Waals surface area contributed by atoms with Crippen molar-refractivity contribution in [1.82, 2.24) is 15.4 Å². The van der Waals surface area contributed by atoms with E-state index in [4.69, 9.17) is 0 Å². The topological polar surface area (TPSA) is 110 Å². The maximum Gasteiger partial charge on any atom is 0.360 e. The van der Waals surface area contributed by atoms with Gasteiger partial charge < -0.3 is 10.1 Å². The highest BCUT2D eigenvalue weighted by Crippen LogP contribution is 2.05. The summed E-state index contributed by atoms with van der Waals surface area (Å²) < 4.78 is 0. The SMILES string of the molecule is CC1=NNC(=O)N(/N=C\c2ccc(=O)[nH]c2)C1O. The summed E-state index contributed by atoms with van der Waals surface area (Å²) in [7, 11) is 0. The lowest BCUT2D eigenvalue weighted by atomic mass is 10.3. The quantitative estimate of drug-likeness (QED) is 0.610. The third-order valence-electron chi connectivity index (χ3n) is 2.28. The van der Waals surface area contributed by atoms with Crippen LogP contribution in [0.2, 0.25) is 0 Å². The molecule has 1 aromatic heterocycles. The number of urea groups is 1. The molecule has 3 N–H and O–H groups in total. The van der Waals surface area contributed by atoms with Gasteiger partial charge in [0.05, 0.1) is 11.9 Å². The normalized spacial score (nSPS) is 19.9. The number of hydrogen-bond donors (Lipinski definition) is 3. The number of nitrogens with zero attached hydrogens (tertiary/aromatic N) is 3. The van der Waals surface area contributed by atoms with Gasteiger partial charge in [0.15, 0.2) is 6.23 Å². The zero-order valence-corrected chi connectivity index (χ0v) is 9.49. The lowest BCUT2D eigenvalue weighted by molar-refractivity contribution is 0.0766. The summed E-state index contributed by atoms with van der Waals surface area (Å²) in [6, 6.07) is 2.24. The third kappa shape index (κ3) is 2.43. The fraction of sp³-hybridized carbons (Fsp3) is 0.200. The van der Waals surface area contributed by atoms with Gasteiger partial charge in [0.1, 0.15) is 0 Å². The minimum atomic E-state index is -1.20. The summed E-state index contributed by atoms with van der Waals surface area (Å²) in [5, 5.41) is 18.0. The molecule has 2 rings (SSSR count). The Morgan fingerprint density at radius 2 is 2.28 bits per heavy atom. The number of hydrazone groups is 2. The van der Waals surface area contributed by atoms with Crippen molar-refractivity contribution in [1.29, 1.82) is 0 Å². The van der Waals surface area contributed by atoms with E-state index in [0.717, 1.165) is 5.01 Å². The smallest absolute Gasteiger partial charge is 0.360 e. The third-order valence-corrected chi connectivity index (χ3v) is 2.28. The number of carbonyl (C=O) groups is 1. The first-order chi connectivity index (χ1) is 8.58. The van der Waals surface area contributed by atoms with Crippen LogP contribution in [0.25, 0.3) is 0 Å². The number of aliphatic hydroxyl groups is 1. The maximum absolute atomic E-state index is 11.4. The van der Waals surface area contributed by atoms with Crippen LogP contribution in [0.4, 0.5) is 4.79 Å². The van der Waals surface area contributed by atoms with Crippen molar-refractivity contribution >= 4 is 18.0 Å². The number of aliphatic hydroxyl groups excluding tert-OH is 1.